The van der Waals surface area contributed by atoms with Crippen LogP contribution < -0.4 is 9.62 Å². The predicted molar refractivity (Wildman–Crippen MR) is 105 cm³/mol. The number of carbonyl (C=O) groups excluding carboxylic acids is 2. The van der Waals surface area contributed by atoms with E-state index in [0.717, 1.165) is 31.7 Å². The number of nitrogens with one attached hydrogen (secondary N) is 1. The minimum Gasteiger partial charge on any atom is -0.462 e. The summed E-state index contributed by atoms with van der Waals surface area (Å²) in [6.07, 6.45) is 4.62. The third-order valence-corrected chi connectivity index (χ3v) is 8.53. The Balaban J connectivity index is 1.76. The van der Waals surface area contributed by atoms with E-state index in [1.54, 1.807) is 13.8 Å². The average Bonchev–Trinajstić information content (AvgIpc) is 3.15. The second kappa shape index (κ2) is 6.97. The van der Waals surface area contributed by atoms with Gasteiger partial charge in [0, 0.05) is 12.1 Å². The minimum absolute atomic E-state index is 0.0132. The second-order valence-electron chi connectivity index (χ2n) is 8.33. The number of carbonyl (C=O) groups is 2. The van der Waals surface area contributed by atoms with Gasteiger partial charge < -0.3 is 9.64 Å². The molecule has 2 heterocycles. The fourth-order valence-corrected chi connectivity index (χ4v) is 5.63. The van der Waals surface area contributed by atoms with Crippen molar-refractivity contribution in [2.24, 2.45) is 0 Å². The van der Waals surface area contributed by atoms with Crippen LogP contribution in [0.2, 0.25) is 0 Å². The number of fused-ring (bicyclic) bond motifs is 2. The zero-order valence-corrected chi connectivity index (χ0v) is 17.4. The molecule has 0 aromatic heterocycles. The van der Waals surface area contributed by atoms with Crippen molar-refractivity contribution in [3.63, 3.8) is 0 Å². The Kier molecular flexibility index (Phi) is 4.83. The normalized spacial score (nSPS) is 24.4. The second-order valence-corrected chi connectivity index (χ2v) is 10.5. The molecular formula is C20H25FN2O5S. The Bertz CT molecular complexity index is 953. The topological polar surface area (TPSA) is 92.8 Å². The first kappa shape index (κ1) is 20.1. The lowest BCUT2D eigenvalue weighted by Crippen LogP contribution is -2.40. The van der Waals surface area contributed by atoms with Crippen LogP contribution in [0.15, 0.2) is 12.1 Å². The van der Waals surface area contributed by atoms with E-state index in [-0.39, 0.29) is 35.5 Å². The van der Waals surface area contributed by atoms with Gasteiger partial charge in [0.25, 0.3) is 5.91 Å². The standard InChI is InChI=1S/C20H25FN2O5S/c1-3-28-19(25)12-10-15(21)17(18(24)22-29(26,27)20(2)8-9-20)16(11-12)23-13-4-5-14(23)7-6-13/h10-11,13-14H,3-9H2,1-2H3,(H,22,24). The molecule has 2 aliphatic heterocycles. The SMILES string of the molecule is CCOC(=O)c1cc(F)c(C(=O)NS(=O)(=O)C2(C)CC2)c(N2C3CCC2CC3)c1. The number of hydrogen-bond donors (Lipinski definition) is 1. The van der Waals surface area contributed by atoms with Crippen LogP contribution in [0.4, 0.5) is 10.1 Å². The summed E-state index contributed by atoms with van der Waals surface area (Å²) >= 11 is 0. The van der Waals surface area contributed by atoms with Crippen molar-refractivity contribution < 1.29 is 27.1 Å². The molecule has 0 radical (unpaired) electrons. The van der Waals surface area contributed by atoms with Crippen molar-refractivity contribution in [2.45, 2.75) is 69.2 Å². The van der Waals surface area contributed by atoms with Crippen LogP contribution in [-0.2, 0) is 14.8 Å². The molecule has 1 N–H and O–H groups in total. The molecule has 1 amide bonds. The van der Waals surface area contributed by atoms with E-state index in [0.29, 0.717) is 12.8 Å². The van der Waals surface area contributed by atoms with E-state index in [1.165, 1.54) is 6.07 Å². The molecule has 9 heteroatoms. The number of sulfonamides is 1. The van der Waals surface area contributed by atoms with Gasteiger partial charge in [0.1, 0.15) is 5.82 Å². The number of benzene rings is 1. The highest BCUT2D eigenvalue weighted by molar-refractivity contribution is 7.91. The van der Waals surface area contributed by atoms with Gasteiger partial charge in [-0.05, 0) is 64.5 Å². The Hall–Kier alpha value is -2.16. The number of esters is 1. The molecule has 3 aliphatic rings. The maximum atomic E-state index is 15.1. The summed E-state index contributed by atoms with van der Waals surface area (Å²) in [5, 5.41) is 0. The highest BCUT2D eigenvalue weighted by atomic mass is 32.2. The summed E-state index contributed by atoms with van der Waals surface area (Å²) in [5.74, 6) is -2.60. The molecule has 1 aliphatic carbocycles. The number of amides is 1. The lowest BCUT2D eigenvalue weighted by molar-refractivity contribution is 0.0525. The highest BCUT2D eigenvalue weighted by Gasteiger charge is 2.51. The van der Waals surface area contributed by atoms with E-state index < -0.39 is 32.5 Å². The van der Waals surface area contributed by atoms with Crippen LogP contribution >= 0.6 is 0 Å². The smallest absolute Gasteiger partial charge is 0.338 e. The molecule has 2 bridgehead atoms. The number of nitrogens with zero attached hydrogens (tertiary/aromatic N) is 1. The van der Waals surface area contributed by atoms with Gasteiger partial charge in [-0.2, -0.15) is 0 Å². The van der Waals surface area contributed by atoms with Crippen LogP contribution in [0.5, 0.6) is 0 Å². The van der Waals surface area contributed by atoms with Crippen molar-refractivity contribution in [3.05, 3.63) is 29.1 Å². The first-order chi connectivity index (χ1) is 13.7. The number of ether oxygens (including phenoxy) is 1. The molecule has 4 rings (SSSR count). The van der Waals surface area contributed by atoms with E-state index in [4.69, 9.17) is 4.74 Å². The van der Waals surface area contributed by atoms with Crippen LogP contribution in [0.25, 0.3) is 0 Å². The third kappa shape index (κ3) is 3.39. The molecule has 158 valence electrons. The molecule has 3 fully saturated rings. The van der Waals surface area contributed by atoms with E-state index in [2.05, 4.69) is 4.72 Å². The quantitative estimate of drug-likeness (QED) is 0.706. The lowest BCUT2D eigenvalue weighted by Gasteiger charge is -2.27. The number of halogens is 1. The van der Waals surface area contributed by atoms with Gasteiger partial charge in [0.05, 0.1) is 28.2 Å². The van der Waals surface area contributed by atoms with Gasteiger partial charge in [0.2, 0.25) is 10.0 Å². The van der Waals surface area contributed by atoms with Gasteiger partial charge >= 0.3 is 5.97 Å². The van der Waals surface area contributed by atoms with Crippen LogP contribution in [0, 0.1) is 5.82 Å². The first-order valence-electron chi connectivity index (χ1n) is 10.0. The third-order valence-electron chi connectivity index (χ3n) is 6.37. The summed E-state index contributed by atoms with van der Waals surface area (Å²) in [6.45, 7) is 3.36. The number of hydrogen-bond acceptors (Lipinski definition) is 6. The summed E-state index contributed by atoms with van der Waals surface area (Å²) in [6, 6.07) is 2.71. The molecule has 1 aromatic rings. The van der Waals surface area contributed by atoms with Gasteiger partial charge in [-0.1, -0.05) is 0 Å². The molecular weight excluding hydrogens is 399 g/mol. The van der Waals surface area contributed by atoms with Gasteiger partial charge in [-0.15, -0.1) is 0 Å². The number of anilines is 1. The van der Waals surface area contributed by atoms with Crippen molar-refractivity contribution in [1.82, 2.24) is 4.72 Å². The summed E-state index contributed by atoms with van der Waals surface area (Å²) in [7, 11) is -3.91. The fraction of sp³-hybridized carbons (Fsp3) is 0.600. The minimum atomic E-state index is -3.91. The van der Waals surface area contributed by atoms with Gasteiger partial charge in [0.15, 0.2) is 0 Å². The van der Waals surface area contributed by atoms with E-state index in [9.17, 15) is 18.0 Å². The molecule has 29 heavy (non-hydrogen) atoms. The highest BCUT2D eigenvalue weighted by Crippen LogP contribution is 2.44. The summed E-state index contributed by atoms with van der Waals surface area (Å²) in [5.41, 5.74) is -0.0458. The van der Waals surface area contributed by atoms with Crippen LogP contribution in [0.1, 0.15) is 73.1 Å². The van der Waals surface area contributed by atoms with Crippen LogP contribution in [0.3, 0.4) is 0 Å². The molecule has 0 atom stereocenters. The maximum absolute atomic E-state index is 15.1. The van der Waals surface area contributed by atoms with Crippen molar-refractivity contribution in [2.75, 3.05) is 11.5 Å². The molecule has 0 unspecified atom stereocenters. The Morgan fingerprint density at radius 3 is 2.31 bits per heavy atom. The first-order valence-corrected chi connectivity index (χ1v) is 11.5. The van der Waals surface area contributed by atoms with Gasteiger partial charge in [-0.3, -0.25) is 4.79 Å². The average molecular weight is 424 g/mol. The molecule has 7 nitrogen and oxygen atoms in total. The van der Waals surface area contributed by atoms with Crippen molar-refractivity contribution in [3.8, 4) is 0 Å². The Labute approximate surface area is 169 Å². The monoisotopic (exact) mass is 424 g/mol. The zero-order valence-electron chi connectivity index (χ0n) is 16.5. The maximum Gasteiger partial charge on any atom is 0.338 e. The fourth-order valence-electron chi connectivity index (χ4n) is 4.40. The molecule has 1 saturated carbocycles. The van der Waals surface area contributed by atoms with Crippen molar-refractivity contribution in [1.29, 1.82) is 0 Å². The number of rotatable bonds is 6. The predicted octanol–water partition coefficient (Wildman–Crippen LogP) is 2.75. The largest absolute Gasteiger partial charge is 0.462 e. The Morgan fingerprint density at radius 1 is 1.21 bits per heavy atom. The molecule has 0 spiro atoms. The van der Waals surface area contributed by atoms with E-state index >= 15 is 4.39 Å². The lowest BCUT2D eigenvalue weighted by atomic mass is 10.0. The molecule has 1 aromatic carbocycles. The zero-order chi connectivity index (χ0) is 21.0. The summed E-state index contributed by atoms with van der Waals surface area (Å²) in [4.78, 5) is 27.1. The van der Waals surface area contributed by atoms with Crippen LogP contribution in [-0.4, -0.2) is 43.7 Å². The Morgan fingerprint density at radius 2 is 1.79 bits per heavy atom. The summed E-state index contributed by atoms with van der Waals surface area (Å²) < 4.78 is 46.1. The van der Waals surface area contributed by atoms with Crippen molar-refractivity contribution >= 4 is 27.6 Å². The van der Waals surface area contributed by atoms with Gasteiger partial charge in [-0.25, -0.2) is 22.3 Å². The molecule has 2 saturated heterocycles. The van der Waals surface area contributed by atoms with E-state index in [1.807, 2.05) is 4.90 Å².